The molecule has 2 aromatic rings. The molecular formula is C24H36N2O6S. The Balaban J connectivity index is 1.43. The third-order valence-electron chi connectivity index (χ3n) is 5.05. The summed E-state index contributed by atoms with van der Waals surface area (Å²) < 4.78 is 30.6. The van der Waals surface area contributed by atoms with Gasteiger partial charge in [0.2, 0.25) is 10.0 Å². The van der Waals surface area contributed by atoms with Gasteiger partial charge in [-0.2, -0.15) is 0 Å². The third-order valence-corrected chi connectivity index (χ3v) is 5.66. The molecule has 0 saturated heterocycles. The van der Waals surface area contributed by atoms with Crippen LogP contribution in [0.1, 0.15) is 49.3 Å². The molecule has 0 bridgehead atoms. The van der Waals surface area contributed by atoms with Gasteiger partial charge in [-0.15, -0.1) is 0 Å². The van der Waals surface area contributed by atoms with Crippen LogP contribution in [0.4, 0.5) is 5.69 Å². The van der Waals surface area contributed by atoms with Crippen molar-refractivity contribution in [2.45, 2.75) is 44.6 Å². The van der Waals surface area contributed by atoms with Crippen LogP contribution in [0.15, 0.2) is 42.5 Å². The van der Waals surface area contributed by atoms with E-state index in [0.717, 1.165) is 63.5 Å². The summed E-state index contributed by atoms with van der Waals surface area (Å²) >= 11 is 0. The van der Waals surface area contributed by atoms with Crippen LogP contribution < -0.4 is 10.0 Å². The second-order valence-electron chi connectivity index (χ2n) is 8.20. The van der Waals surface area contributed by atoms with Gasteiger partial charge in [0, 0.05) is 31.5 Å². The normalized spacial score (nSPS) is 12.5. The molecule has 2 aromatic carbocycles. The lowest BCUT2D eigenvalue weighted by atomic mass is 10.1. The first-order valence-electron chi connectivity index (χ1n) is 11.3. The van der Waals surface area contributed by atoms with Crippen molar-refractivity contribution >= 4 is 15.7 Å². The van der Waals surface area contributed by atoms with E-state index >= 15 is 0 Å². The Kier molecular flexibility index (Phi) is 11.5. The highest BCUT2D eigenvalue weighted by Gasteiger charge is 2.09. The molecule has 0 heterocycles. The number of aliphatic hydroxyl groups excluding tert-OH is 1. The Bertz CT molecular complexity index is 914. The fraction of sp³-hybridized carbons (Fsp3) is 0.500. The molecule has 0 aliphatic heterocycles. The molecule has 9 heteroatoms. The number of rotatable bonds is 16. The fourth-order valence-electron chi connectivity index (χ4n) is 3.41. The van der Waals surface area contributed by atoms with E-state index in [1.165, 1.54) is 18.2 Å². The van der Waals surface area contributed by atoms with Gasteiger partial charge in [0.15, 0.2) is 0 Å². The molecule has 2 rings (SSSR count). The predicted octanol–water partition coefficient (Wildman–Crippen LogP) is 3.30. The Morgan fingerprint density at radius 3 is 2.21 bits per heavy atom. The highest BCUT2D eigenvalue weighted by Crippen LogP contribution is 2.24. The summed E-state index contributed by atoms with van der Waals surface area (Å²) in [4.78, 5) is 0. The summed E-state index contributed by atoms with van der Waals surface area (Å²) in [6, 6.07) is 11.5. The van der Waals surface area contributed by atoms with Gasteiger partial charge in [-0.3, -0.25) is 4.72 Å². The number of unbranched alkanes of at least 4 members (excludes halogenated alkanes) is 3. The summed E-state index contributed by atoms with van der Waals surface area (Å²) in [6.07, 6.45) is 6.33. The molecule has 0 amide bonds. The third kappa shape index (κ3) is 11.9. The second kappa shape index (κ2) is 14.0. The maximum atomic E-state index is 11.2. The minimum absolute atomic E-state index is 0.0654. The molecule has 0 saturated carbocycles. The minimum Gasteiger partial charge on any atom is -0.508 e. The molecule has 1 unspecified atom stereocenters. The van der Waals surface area contributed by atoms with Gasteiger partial charge in [-0.1, -0.05) is 25.0 Å². The number of anilines is 1. The van der Waals surface area contributed by atoms with Gasteiger partial charge in [0.05, 0.1) is 12.4 Å². The number of phenols is 2. The van der Waals surface area contributed by atoms with Crippen LogP contribution in [0.25, 0.3) is 0 Å². The van der Waals surface area contributed by atoms with Crippen molar-refractivity contribution in [3.63, 3.8) is 0 Å². The van der Waals surface area contributed by atoms with Crippen LogP contribution in [0, 0.1) is 0 Å². The number of aromatic hydroxyl groups is 2. The molecule has 0 aliphatic rings. The van der Waals surface area contributed by atoms with E-state index in [-0.39, 0.29) is 11.5 Å². The van der Waals surface area contributed by atoms with Crippen LogP contribution in [0.5, 0.6) is 11.5 Å². The summed E-state index contributed by atoms with van der Waals surface area (Å²) in [6.45, 7) is 2.60. The van der Waals surface area contributed by atoms with E-state index in [4.69, 9.17) is 4.74 Å². The molecular weight excluding hydrogens is 444 g/mol. The van der Waals surface area contributed by atoms with Crippen molar-refractivity contribution < 1.29 is 28.5 Å². The Hall–Kier alpha value is -2.33. The van der Waals surface area contributed by atoms with Gasteiger partial charge in [-0.05, 0) is 67.6 Å². The van der Waals surface area contributed by atoms with Crippen molar-refractivity contribution in [3.8, 4) is 11.5 Å². The molecule has 5 N–H and O–H groups in total. The second-order valence-corrected chi connectivity index (χ2v) is 9.95. The minimum atomic E-state index is -3.24. The average molecular weight is 481 g/mol. The lowest BCUT2D eigenvalue weighted by Gasteiger charge is -2.13. The standard InChI is InChI=1S/C24H36N2O6S/c1-33(30,31)26-21-10-8-19(9-11-21)7-6-14-32-13-5-3-2-4-12-25-18-24(29)20-15-22(27)17-23(28)16-20/h8-11,15-17,24-29H,2-7,12-14,18H2,1H3. The molecule has 0 aliphatic carbocycles. The number of ether oxygens (including phenoxy) is 1. The zero-order valence-electron chi connectivity index (χ0n) is 19.2. The summed E-state index contributed by atoms with van der Waals surface area (Å²) in [7, 11) is -3.24. The number of aliphatic hydroxyl groups is 1. The summed E-state index contributed by atoms with van der Waals surface area (Å²) in [5.74, 6) is -0.131. The van der Waals surface area contributed by atoms with Crippen LogP contribution in [-0.2, 0) is 21.2 Å². The van der Waals surface area contributed by atoms with Crippen molar-refractivity contribution in [2.24, 2.45) is 0 Å². The number of nitrogens with one attached hydrogen (secondary N) is 2. The lowest BCUT2D eigenvalue weighted by Crippen LogP contribution is -2.22. The number of phenolic OH excluding ortho intramolecular Hbond substituents is 2. The topological polar surface area (TPSA) is 128 Å². The molecule has 8 nitrogen and oxygen atoms in total. The van der Waals surface area contributed by atoms with E-state index in [1.807, 2.05) is 12.1 Å². The number of hydrogen-bond donors (Lipinski definition) is 5. The SMILES string of the molecule is CS(=O)(=O)Nc1ccc(CCCOCCCCCCNCC(O)c2cc(O)cc(O)c2)cc1. The van der Waals surface area contributed by atoms with Crippen LogP contribution in [-0.4, -0.2) is 56.3 Å². The molecule has 184 valence electrons. The number of sulfonamides is 1. The molecule has 1 atom stereocenters. The maximum absolute atomic E-state index is 11.2. The van der Waals surface area contributed by atoms with Gasteiger partial charge >= 0.3 is 0 Å². The molecule has 0 aromatic heterocycles. The first-order valence-corrected chi connectivity index (χ1v) is 13.2. The smallest absolute Gasteiger partial charge is 0.229 e. The maximum Gasteiger partial charge on any atom is 0.229 e. The molecule has 33 heavy (non-hydrogen) atoms. The Labute approximate surface area is 196 Å². The van der Waals surface area contributed by atoms with E-state index in [2.05, 4.69) is 10.0 Å². The molecule has 0 spiro atoms. The quantitative estimate of drug-likeness (QED) is 0.233. The van der Waals surface area contributed by atoms with Crippen molar-refractivity contribution in [1.29, 1.82) is 0 Å². The molecule has 0 radical (unpaired) electrons. The average Bonchev–Trinajstić information content (AvgIpc) is 2.73. The predicted molar refractivity (Wildman–Crippen MR) is 130 cm³/mol. The van der Waals surface area contributed by atoms with Gasteiger partial charge in [0.1, 0.15) is 11.5 Å². The van der Waals surface area contributed by atoms with Gasteiger partial charge in [-0.25, -0.2) is 8.42 Å². The van der Waals surface area contributed by atoms with E-state index in [0.29, 0.717) is 24.4 Å². The first-order chi connectivity index (χ1) is 15.7. The van der Waals surface area contributed by atoms with E-state index in [9.17, 15) is 23.7 Å². The number of benzene rings is 2. The van der Waals surface area contributed by atoms with Gasteiger partial charge < -0.3 is 25.4 Å². The first kappa shape index (κ1) is 26.9. The highest BCUT2D eigenvalue weighted by molar-refractivity contribution is 7.92. The fourth-order valence-corrected chi connectivity index (χ4v) is 3.97. The summed E-state index contributed by atoms with van der Waals surface area (Å²) in [5.41, 5.74) is 2.20. The van der Waals surface area contributed by atoms with Crippen LogP contribution in [0.2, 0.25) is 0 Å². The van der Waals surface area contributed by atoms with Crippen LogP contribution in [0.3, 0.4) is 0 Å². The highest BCUT2D eigenvalue weighted by atomic mass is 32.2. The number of hydrogen-bond acceptors (Lipinski definition) is 7. The monoisotopic (exact) mass is 480 g/mol. The Morgan fingerprint density at radius 1 is 0.909 bits per heavy atom. The Morgan fingerprint density at radius 2 is 1.55 bits per heavy atom. The zero-order valence-corrected chi connectivity index (χ0v) is 20.0. The van der Waals surface area contributed by atoms with E-state index < -0.39 is 16.1 Å². The largest absolute Gasteiger partial charge is 0.508 e. The van der Waals surface area contributed by atoms with Crippen molar-refractivity contribution in [2.75, 3.05) is 37.3 Å². The lowest BCUT2D eigenvalue weighted by molar-refractivity contribution is 0.127. The van der Waals surface area contributed by atoms with E-state index in [1.54, 1.807) is 12.1 Å². The van der Waals surface area contributed by atoms with Crippen LogP contribution >= 0.6 is 0 Å². The zero-order chi connectivity index (χ0) is 24.1. The van der Waals surface area contributed by atoms with Crippen molar-refractivity contribution in [1.82, 2.24) is 5.32 Å². The van der Waals surface area contributed by atoms with Gasteiger partial charge in [0.25, 0.3) is 0 Å². The van der Waals surface area contributed by atoms with Crippen molar-refractivity contribution in [3.05, 3.63) is 53.6 Å². The molecule has 0 fully saturated rings. The number of aryl methyl sites for hydroxylation is 1. The summed E-state index contributed by atoms with van der Waals surface area (Å²) in [5, 5.41) is 32.3.